The molecule has 0 radical (unpaired) electrons. The van der Waals surface area contributed by atoms with E-state index in [1.165, 1.54) is 86.7 Å². The first-order valence-corrected chi connectivity index (χ1v) is 46.4. The van der Waals surface area contributed by atoms with Crippen molar-refractivity contribution in [2.45, 2.75) is 19.8 Å². The minimum absolute atomic E-state index is 0.0176. The molecular formula is C89H69Cl2N15O11S9. The lowest BCUT2D eigenvalue weighted by Gasteiger charge is -2.30. The second kappa shape index (κ2) is 45.4. The quantitative estimate of drug-likeness (QED) is 0.0389. The van der Waals surface area contributed by atoms with Crippen LogP contribution >= 0.6 is 125 Å². The highest BCUT2D eigenvalue weighted by Crippen LogP contribution is 2.36. The minimum Gasteiger partial charge on any atom is -0.493 e. The third-order valence-corrected chi connectivity index (χ3v) is 25.7. The summed E-state index contributed by atoms with van der Waals surface area (Å²) in [6.07, 6.45) is 37.2. The van der Waals surface area contributed by atoms with Crippen LogP contribution in [0.25, 0.3) is 72.9 Å². The Labute approximate surface area is 765 Å². The highest BCUT2D eigenvalue weighted by atomic mass is 35.5. The zero-order chi connectivity index (χ0) is 88.1. The number of amides is 1. The number of halogens is 2. The fourth-order valence-electron chi connectivity index (χ4n) is 11.3. The van der Waals surface area contributed by atoms with Gasteiger partial charge in [0.05, 0.1) is 74.0 Å². The van der Waals surface area contributed by atoms with Gasteiger partial charge in [-0.15, -0.1) is 90.7 Å². The minimum atomic E-state index is -0.514. The lowest BCUT2D eigenvalue weighted by Crippen LogP contribution is -2.40. The number of carbonyl (C=O) groups is 7. The number of pyridine rings is 1. The summed E-state index contributed by atoms with van der Waals surface area (Å²) in [5.41, 5.74) is 5.46. The number of thiophene rings is 9. The van der Waals surface area contributed by atoms with Crippen molar-refractivity contribution in [3.05, 3.63) is 360 Å². The predicted octanol–water partition coefficient (Wildman–Crippen LogP) is 22.4. The van der Waals surface area contributed by atoms with Crippen LogP contribution in [-0.4, -0.2) is 135 Å². The van der Waals surface area contributed by atoms with Crippen molar-refractivity contribution < 1.29 is 47.6 Å². The molecule has 1 aliphatic heterocycles. The molecule has 0 spiro atoms. The van der Waals surface area contributed by atoms with E-state index in [0.717, 1.165) is 58.5 Å². The lowest BCUT2D eigenvalue weighted by molar-refractivity contribution is -0.380. The summed E-state index contributed by atoms with van der Waals surface area (Å²) >= 11 is 25.2. The van der Waals surface area contributed by atoms with Gasteiger partial charge in [-0.1, -0.05) is 77.0 Å². The number of likely N-dealkylation sites (tertiary alicyclic amines) is 1. The Kier molecular flexibility index (Phi) is 32.6. The van der Waals surface area contributed by atoms with Gasteiger partial charge in [-0.3, -0.25) is 43.7 Å². The number of methoxy groups -OCH3 is 1. The van der Waals surface area contributed by atoms with Crippen molar-refractivity contribution in [3.63, 3.8) is 0 Å². The second-order valence-corrected chi connectivity index (χ2v) is 35.6. The van der Waals surface area contributed by atoms with Crippen LogP contribution in [-0.2, 0) is 4.79 Å². The van der Waals surface area contributed by atoms with E-state index in [4.69, 9.17) is 32.4 Å². The molecule has 0 unspecified atom stereocenters. The molecule has 1 aliphatic rings. The third-order valence-electron chi connectivity index (χ3n) is 17.6. The Hall–Kier alpha value is -13.3. The second-order valence-electron chi connectivity index (χ2n) is 26.1. The van der Waals surface area contributed by atoms with Crippen molar-refractivity contribution in [1.82, 2.24) is 68.6 Å². The first kappa shape index (κ1) is 90.4. The molecular weight excluding hydrogens is 1810 g/mol. The summed E-state index contributed by atoms with van der Waals surface area (Å²) in [5, 5.41) is 53.5. The molecule has 17 aromatic rings. The first-order valence-electron chi connectivity index (χ1n) is 37.7. The summed E-state index contributed by atoms with van der Waals surface area (Å²) in [7, 11) is 1.49. The number of aromatic nitrogens is 13. The molecule has 37 heteroatoms. The maximum atomic E-state index is 12.5. The van der Waals surface area contributed by atoms with Gasteiger partial charge in [-0.2, -0.15) is 30.6 Å². The number of hydrogen-bond acceptors (Lipinski definition) is 27. The highest BCUT2D eigenvalue weighted by Gasteiger charge is 2.28. The average Bonchev–Trinajstić information content (AvgIpc) is 1.61. The SMILES string of the molecule is CC(=O)N1CCC(C(=O)n2ccc(/C=C/c3cccs3)n2)CC1.COc1c(C(=O)n2ccc(/C=C/c3cccs3)n2)csc1Cl.O=C(c1ccc(Cl)nc1)n1ccc(/C=C/c2cccs2)n1.O=C(c1ccco1)n1ccc(/C=C/c2cccs2)n1.O=C(c1cccs1)n1ccc(/C=C/c2cccs2)n1.O=C(c1csc([N+](=O)[O-])c1)n1ccc(/C=C/c2cccs2)n1. The molecule has 18 rings (SSSR count). The summed E-state index contributed by atoms with van der Waals surface area (Å²) in [4.78, 5) is 108. The number of rotatable bonds is 20. The predicted molar refractivity (Wildman–Crippen MR) is 506 cm³/mol. The summed E-state index contributed by atoms with van der Waals surface area (Å²) in [6.45, 7) is 2.87. The standard InChI is InChI=1S/C17H19N3O2S.C15H10ClN3OS.C15H11ClN2O2S2.C14H9N3O3S2.C14H10N2O2S.C14H10N2OS2/c1-13(21)19-9-6-14(7-10-19)17(22)20-11-8-15(18-20)4-5-16-3-2-12-23-16;16-14-6-3-11(10-17-14)15(20)19-8-7-12(18-19)4-5-13-2-1-9-21-13;1-20-13-12(9-22-14(13)16)15(19)18-7-6-10(17-18)4-5-11-3-2-8-21-11;18-14(10-8-13(17(19)20)22-9-10)16-6-5-11(15-16)3-4-12-2-1-7-21-12;17-14(13-4-1-9-18-13)16-8-7-11(15-16)5-6-12-3-2-10-19-12;17-14(13-4-2-10-19-13)16-8-7-11(15-16)5-6-12-3-1-9-18-12/h2-5,8,11-12,14H,6-7,9-10H2,1H3;1-10H;2-9H,1H3;1-9H;2*1-10H/b3*5-4+;4-3+;2*6-5+. The molecule has 0 N–H and O–H groups in total. The van der Waals surface area contributed by atoms with E-state index in [1.807, 2.05) is 202 Å². The number of hydrogen-bond donors (Lipinski definition) is 0. The Morgan fingerprint density at radius 1 is 0.437 bits per heavy atom. The monoisotopic (exact) mass is 1880 g/mol. The van der Waals surface area contributed by atoms with Gasteiger partial charge in [-0.05, 0) is 227 Å². The fourth-order valence-corrected chi connectivity index (χ4v) is 17.5. The Morgan fingerprint density at radius 2 is 0.825 bits per heavy atom. The van der Waals surface area contributed by atoms with Crippen molar-refractivity contribution >= 4 is 244 Å². The fraction of sp³-hybridized carbons (Fsp3) is 0.0787. The van der Waals surface area contributed by atoms with Gasteiger partial charge in [0.25, 0.3) is 23.6 Å². The largest absolute Gasteiger partial charge is 0.493 e. The van der Waals surface area contributed by atoms with Gasteiger partial charge in [0.2, 0.25) is 11.8 Å². The summed E-state index contributed by atoms with van der Waals surface area (Å²) in [6, 6.07) is 46.2. The number of nitrogens with zero attached hydrogens (tertiary/aromatic N) is 15. The highest BCUT2D eigenvalue weighted by molar-refractivity contribution is 7.15. The van der Waals surface area contributed by atoms with Crippen LogP contribution in [0.5, 0.6) is 5.75 Å². The topological polar surface area (TPSA) is 308 Å². The normalized spacial score (nSPS) is 12.0. The van der Waals surface area contributed by atoms with Crippen LogP contribution in [0.3, 0.4) is 0 Å². The molecule has 0 aliphatic carbocycles. The van der Waals surface area contributed by atoms with Gasteiger partial charge in [0, 0.05) is 115 Å². The van der Waals surface area contributed by atoms with Crippen molar-refractivity contribution in [3.8, 4) is 5.75 Å². The third kappa shape index (κ3) is 25.9. The summed E-state index contributed by atoms with van der Waals surface area (Å²) in [5.74, 6) is -0.559. The van der Waals surface area contributed by atoms with Crippen LogP contribution in [0.1, 0.15) is 139 Å². The smallest absolute Gasteiger partial charge is 0.324 e. The van der Waals surface area contributed by atoms with Gasteiger partial charge < -0.3 is 14.1 Å². The number of ether oxygens (including phenoxy) is 1. The van der Waals surface area contributed by atoms with Crippen LogP contribution in [0, 0.1) is 16.0 Å². The molecule has 0 bridgehead atoms. The van der Waals surface area contributed by atoms with E-state index in [2.05, 4.69) is 35.6 Å². The zero-order valence-corrected chi connectivity index (χ0v) is 75.1. The molecule has 17 aromatic heterocycles. The molecule has 1 fully saturated rings. The van der Waals surface area contributed by atoms with Gasteiger partial charge in [0.1, 0.15) is 9.49 Å². The summed E-state index contributed by atoms with van der Waals surface area (Å²) < 4.78 is 18.5. The van der Waals surface area contributed by atoms with E-state index >= 15 is 0 Å². The van der Waals surface area contributed by atoms with Gasteiger partial charge in [-0.25, -0.2) is 33.1 Å². The zero-order valence-electron chi connectivity index (χ0n) is 66.2. The number of carbonyl (C=O) groups excluding carboxylic acids is 7. The number of furan rings is 1. The molecule has 1 saturated heterocycles. The van der Waals surface area contributed by atoms with Crippen molar-refractivity contribution in [1.29, 1.82) is 0 Å². The Bertz CT molecular complexity index is 6460. The van der Waals surface area contributed by atoms with E-state index in [9.17, 15) is 43.7 Å². The van der Waals surface area contributed by atoms with Crippen LogP contribution < -0.4 is 4.74 Å². The molecule has 1 amide bonds. The molecule has 634 valence electrons. The van der Waals surface area contributed by atoms with Crippen molar-refractivity contribution in [2.75, 3.05) is 20.2 Å². The average molecular weight is 1880 g/mol. The Balaban J connectivity index is 0.000000130. The number of nitro groups is 1. The van der Waals surface area contributed by atoms with E-state index in [-0.39, 0.29) is 63.6 Å². The van der Waals surface area contributed by atoms with Crippen LogP contribution in [0.4, 0.5) is 5.00 Å². The maximum absolute atomic E-state index is 12.5. The molecule has 0 atom stereocenters. The van der Waals surface area contributed by atoms with Gasteiger partial charge >= 0.3 is 10.9 Å². The van der Waals surface area contributed by atoms with Crippen LogP contribution in [0.2, 0.25) is 9.49 Å². The van der Waals surface area contributed by atoms with Crippen molar-refractivity contribution in [2.24, 2.45) is 5.92 Å². The number of piperidine rings is 1. The molecule has 26 nitrogen and oxygen atoms in total. The lowest BCUT2D eigenvalue weighted by atomic mass is 9.96. The molecule has 0 aromatic carbocycles. The first-order chi connectivity index (χ1) is 61.3. The maximum Gasteiger partial charge on any atom is 0.324 e. The van der Waals surface area contributed by atoms with E-state index in [0.29, 0.717) is 68.6 Å². The Morgan fingerprint density at radius 3 is 1.18 bits per heavy atom. The van der Waals surface area contributed by atoms with Gasteiger partial charge in [0.15, 0.2) is 11.5 Å². The molecule has 126 heavy (non-hydrogen) atoms. The molecule has 0 saturated carbocycles. The van der Waals surface area contributed by atoms with E-state index in [1.54, 1.807) is 177 Å². The van der Waals surface area contributed by atoms with Crippen LogP contribution in [0.15, 0.2) is 254 Å². The molecule has 18 heterocycles. The van der Waals surface area contributed by atoms with E-state index < -0.39 is 4.92 Å².